The first-order valence-corrected chi connectivity index (χ1v) is 16.2. The molecule has 234 valence electrons. The van der Waals surface area contributed by atoms with Crippen LogP contribution in [0.5, 0.6) is 5.75 Å². The number of nitrogens with zero attached hydrogens (tertiary/aromatic N) is 4. The number of aromatic nitrogens is 1. The number of ether oxygens (including phenoxy) is 2. The molecule has 0 unspecified atom stereocenters. The van der Waals surface area contributed by atoms with E-state index < -0.39 is 11.8 Å². The van der Waals surface area contributed by atoms with Crippen molar-refractivity contribution in [2.24, 2.45) is 0 Å². The first-order valence-electron chi connectivity index (χ1n) is 15.4. The molecule has 2 fully saturated rings. The van der Waals surface area contributed by atoms with E-state index in [-0.39, 0.29) is 17.7 Å². The molecule has 0 bridgehead atoms. The third-order valence-corrected chi connectivity index (χ3v) is 9.72. The Morgan fingerprint density at radius 1 is 1.15 bits per heavy atom. The molecule has 2 N–H and O–H groups in total. The minimum atomic E-state index is -0.414. The Kier molecular flexibility index (Phi) is 7.82. The van der Waals surface area contributed by atoms with Crippen molar-refractivity contribution in [2.75, 3.05) is 30.0 Å². The Morgan fingerprint density at radius 2 is 1.96 bits per heavy atom. The summed E-state index contributed by atoms with van der Waals surface area (Å²) in [5, 5.41) is 16.2. The Bertz CT molecular complexity index is 1940. The van der Waals surface area contributed by atoms with Crippen molar-refractivity contribution >= 4 is 56.5 Å². The average Bonchev–Trinajstić information content (AvgIpc) is 3.81. The second-order valence-electron chi connectivity index (χ2n) is 11.8. The summed E-state index contributed by atoms with van der Waals surface area (Å²) < 4.78 is 11.6. The fourth-order valence-electron chi connectivity index (χ4n) is 6.08. The van der Waals surface area contributed by atoms with Gasteiger partial charge >= 0.3 is 6.03 Å². The topological polar surface area (TPSA) is 137 Å². The molecule has 46 heavy (non-hydrogen) atoms. The standard InChI is InChI=1S/C34H32N6O5S/c1-19-16-24(45-23-10-14-44-15-11-23)7-8-26(19)40-27-9-12-36-32-28(27)29(38-34(40)43)30(46-32)31(41)37-25-4-3-13-39(20(25)2)33(42)22(18-35)17-21-5-6-21/h7-9,12,16,23H,3-6,10-11,13-15H2,1-2H3,(H,37,41)(H,38,43). The van der Waals surface area contributed by atoms with Gasteiger partial charge in [0.05, 0.1) is 35.7 Å². The van der Waals surface area contributed by atoms with Gasteiger partial charge in [-0.25, -0.2) is 9.78 Å². The first kappa shape index (κ1) is 29.7. The largest absolute Gasteiger partial charge is 0.490 e. The van der Waals surface area contributed by atoms with E-state index in [4.69, 9.17) is 9.47 Å². The van der Waals surface area contributed by atoms with E-state index in [0.717, 1.165) is 42.6 Å². The maximum atomic E-state index is 13.8. The molecule has 1 aromatic carbocycles. The molecule has 1 aliphatic carbocycles. The minimum Gasteiger partial charge on any atom is -0.490 e. The lowest BCUT2D eigenvalue weighted by molar-refractivity contribution is -0.125. The lowest BCUT2D eigenvalue weighted by Gasteiger charge is -2.31. The number of hydrogen-bond acceptors (Lipinski definition) is 8. The van der Waals surface area contributed by atoms with E-state index in [1.165, 1.54) is 16.2 Å². The number of pyridine rings is 1. The maximum absolute atomic E-state index is 13.8. The van der Waals surface area contributed by atoms with Crippen LogP contribution in [0.4, 0.5) is 21.9 Å². The van der Waals surface area contributed by atoms with E-state index in [0.29, 0.717) is 76.2 Å². The Labute approximate surface area is 269 Å². The normalized spacial score (nSPS) is 17.8. The predicted octanol–water partition coefficient (Wildman–Crippen LogP) is 6.20. The summed E-state index contributed by atoms with van der Waals surface area (Å²) >= 11 is 1.20. The van der Waals surface area contributed by atoms with Crippen LogP contribution in [0, 0.1) is 18.3 Å². The fraction of sp³-hybridized carbons (Fsp3) is 0.353. The van der Waals surface area contributed by atoms with Crippen LogP contribution in [-0.2, 0) is 9.53 Å². The highest BCUT2D eigenvalue weighted by atomic mass is 32.1. The minimum absolute atomic E-state index is 0.0176. The van der Waals surface area contributed by atoms with Crippen molar-refractivity contribution in [3.8, 4) is 11.8 Å². The van der Waals surface area contributed by atoms with Crippen LogP contribution >= 0.6 is 11.3 Å². The van der Waals surface area contributed by atoms with Crippen molar-refractivity contribution in [2.45, 2.75) is 58.5 Å². The second-order valence-corrected chi connectivity index (χ2v) is 12.8. The molecule has 2 aromatic heterocycles. The van der Waals surface area contributed by atoms with Gasteiger partial charge < -0.3 is 25.0 Å². The summed E-state index contributed by atoms with van der Waals surface area (Å²) in [4.78, 5) is 49.2. The summed E-state index contributed by atoms with van der Waals surface area (Å²) in [6, 6.07) is 9.05. The molecular formula is C34H32N6O5S. The van der Waals surface area contributed by atoms with Crippen LogP contribution in [0.15, 0.2) is 58.7 Å². The Hall–Kier alpha value is -4.95. The number of carbonyl (C=O) groups excluding carboxylic acids is 3. The Balaban J connectivity index is 1.17. The number of hydrogen-bond donors (Lipinski definition) is 2. The van der Waals surface area contributed by atoms with Gasteiger partial charge in [0.15, 0.2) is 5.57 Å². The van der Waals surface area contributed by atoms with Gasteiger partial charge in [-0.05, 0) is 74.9 Å². The smallest absolute Gasteiger partial charge is 0.331 e. The van der Waals surface area contributed by atoms with Crippen molar-refractivity contribution < 1.29 is 23.9 Å². The van der Waals surface area contributed by atoms with Gasteiger partial charge in [-0.1, -0.05) is 5.73 Å². The van der Waals surface area contributed by atoms with Gasteiger partial charge in [0.1, 0.15) is 27.6 Å². The molecule has 1 saturated heterocycles. The van der Waals surface area contributed by atoms with Crippen LogP contribution in [0.25, 0.3) is 10.2 Å². The summed E-state index contributed by atoms with van der Waals surface area (Å²) in [6.45, 7) is 5.52. The van der Waals surface area contributed by atoms with Crippen molar-refractivity contribution in [3.05, 3.63) is 69.2 Å². The number of nitrogens with one attached hydrogen (secondary N) is 2. The number of urea groups is 1. The van der Waals surface area contributed by atoms with Gasteiger partial charge in [-0.3, -0.25) is 14.5 Å². The van der Waals surface area contributed by atoms with Gasteiger partial charge in [0.2, 0.25) is 0 Å². The number of allylic oxidation sites excluding steroid dienone is 2. The molecule has 0 radical (unpaired) electrons. The molecule has 11 nitrogen and oxygen atoms in total. The number of amides is 4. The number of carbonyl (C=O) groups is 3. The number of nitriles is 1. The third-order valence-electron chi connectivity index (χ3n) is 8.62. The lowest BCUT2D eigenvalue weighted by atomic mass is 10.1. The number of thiophene rings is 1. The summed E-state index contributed by atoms with van der Waals surface area (Å²) in [5.41, 5.74) is 7.67. The average molecular weight is 637 g/mol. The molecule has 5 heterocycles. The molecule has 4 aliphatic rings. The lowest BCUT2D eigenvalue weighted by Crippen LogP contribution is -2.38. The predicted molar refractivity (Wildman–Crippen MR) is 173 cm³/mol. The second kappa shape index (κ2) is 12.1. The van der Waals surface area contributed by atoms with E-state index in [9.17, 15) is 19.6 Å². The Morgan fingerprint density at radius 3 is 2.70 bits per heavy atom. The number of rotatable bonds is 6. The summed E-state index contributed by atoms with van der Waals surface area (Å²) in [6.07, 6.45) is 6.32. The van der Waals surface area contributed by atoms with Crippen LogP contribution in [0.1, 0.15) is 60.7 Å². The quantitative estimate of drug-likeness (QED) is 0.187. The zero-order valence-corrected chi connectivity index (χ0v) is 26.4. The van der Waals surface area contributed by atoms with Crippen LogP contribution in [0.2, 0.25) is 0 Å². The van der Waals surface area contributed by atoms with Crippen LogP contribution < -0.4 is 20.3 Å². The van der Waals surface area contributed by atoms with E-state index in [2.05, 4.69) is 21.3 Å². The number of aryl methyl sites for hydroxylation is 1. The zero-order chi connectivity index (χ0) is 31.9. The van der Waals surface area contributed by atoms with Gasteiger partial charge in [0.25, 0.3) is 11.8 Å². The molecule has 0 spiro atoms. The molecule has 3 aliphatic heterocycles. The molecule has 12 heteroatoms. The third kappa shape index (κ3) is 5.54. The van der Waals surface area contributed by atoms with Gasteiger partial charge in [0, 0.05) is 37.0 Å². The van der Waals surface area contributed by atoms with Crippen molar-refractivity contribution in [1.82, 2.24) is 15.2 Å². The van der Waals surface area contributed by atoms with Crippen molar-refractivity contribution in [1.29, 1.82) is 5.26 Å². The first-order chi connectivity index (χ1) is 22.3. The van der Waals surface area contributed by atoms with Crippen LogP contribution in [0.3, 0.4) is 0 Å². The molecule has 7 rings (SSSR count). The SMILES string of the molecule is CC1=C(NC(=O)c2sc3nccc4c3c2NC(=O)N4c2ccc(OC3CCOCC3)cc2C)CCCN1C(=O)C(=C=C1CC1)C#N. The van der Waals surface area contributed by atoms with Gasteiger partial charge in [-0.15, -0.1) is 11.3 Å². The zero-order valence-electron chi connectivity index (χ0n) is 25.6. The van der Waals surface area contributed by atoms with Crippen molar-refractivity contribution in [3.63, 3.8) is 0 Å². The molecule has 0 atom stereocenters. The number of benzene rings is 1. The molecule has 3 aromatic rings. The highest BCUT2D eigenvalue weighted by Gasteiger charge is 2.34. The van der Waals surface area contributed by atoms with E-state index >= 15 is 0 Å². The van der Waals surface area contributed by atoms with Gasteiger partial charge in [-0.2, -0.15) is 5.26 Å². The highest BCUT2D eigenvalue weighted by molar-refractivity contribution is 7.21. The number of anilines is 3. The highest BCUT2D eigenvalue weighted by Crippen LogP contribution is 2.46. The fourth-order valence-corrected chi connectivity index (χ4v) is 7.09. The van der Waals surface area contributed by atoms with E-state index in [1.54, 1.807) is 24.1 Å². The maximum Gasteiger partial charge on any atom is 0.331 e. The summed E-state index contributed by atoms with van der Waals surface area (Å²) in [7, 11) is 0. The van der Waals surface area contributed by atoms with Crippen LogP contribution in [-0.4, -0.2) is 53.6 Å². The monoisotopic (exact) mass is 636 g/mol. The summed E-state index contributed by atoms with van der Waals surface area (Å²) in [5.74, 6) is -0.0706. The van der Waals surface area contributed by atoms with E-state index in [1.807, 2.05) is 31.2 Å². The molecular weight excluding hydrogens is 604 g/mol. The molecule has 1 saturated carbocycles. The molecule has 4 amide bonds.